The van der Waals surface area contributed by atoms with Gasteiger partial charge in [0.15, 0.2) is 0 Å². The van der Waals surface area contributed by atoms with Crippen molar-refractivity contribution in [1.82, 2.24) is 0 Å². The molecule has 1 aromatic rings. The molecule has 1 nitrogen and oxygen atoms in total. The lowest BCUT2D eigenvalue weighted by Crippen LogP contribution is -2.24. The van der Waals surface area contributed by atoms with Gasteiger partial charge in [-0.2, -0.15) is 0 Å². The molecule has 0 aliphatic carbocycles. The van der Waals surface area contributed by atoms with E-state index in [4.69, 9.17) is 4.74 Å². The van der Waals surface area contributed by atoms with Crippen molar-refractivity contribution in [2.75, 3.05) is 0 Å². The lowest BCUT2D eigenvalue weighted by atomic mass is 9.93. The predicted octanol–water partition coefficient (Wildman–Crippen LogP) is 4.07. The van der Waals surface area contributed by atoms with Gasteiger partial charge in [0.2, 0.25) is 0 Å². The second kappa shape index (κ2) is 5.31. The molecule has 1 heterocycles. The van der Waals surface area contributed by atoms with E-state index in [-0.39, 0.29) is 12.2 Å². The van der Waals surface area contributed by atoms with Crippen LogP contribution in [0.3, 0.4) is 0 Å². The highest BCUT2D eigenvalue weighted by molar-refractivity contribution is 5.20. The zero-order valence-electron chi connectivity index (χ0n) is 10.1. The molecule has 2 atom stereocenters. The molecule has 2 unspecified atom stereocenters. The topological polar surface area (TPSA) is 9.23 Å². The molecule has 0 bridgehead atoms. The summed E-state index contributed by atoms with van der Waals surface area (Å²) in [5.74, 6) is 0. The van der Waals surface area contributed by atoms with E-state index < -0.39 is 0 Å². The van der Waals surface area contributed by atoms with Gasteiger partial charge in [0.1, 0.15) is 0 Å². The Morgan fingerprint density at radius 1 is 1.31 bits per heavy atom. The first kappa shape index (κ1) is 11.4. The summed E-state index contributed by atoms with van der Waals surface area (Å²) < 4.78 is 6.13. The molecule has 1 radical (unpaired) electrons. The van der Waals surface area contributed by atoms with E-state index in [9.17, 15) is 0 Å². The average Bonchev–Trinajstić information content (AvgIpc) is 2.39. The minimum absolute atomic E-state index is 0.267. The Morgan fingerprint density at radius 3 is 2.69 bits per heavy atom. The SMILES string of the molecule is C/[C]=C1/CCC(c2ccccc2)OC1CC. The van der Waals surface area contributed by atoms with Crippen LogP contribution < -0.4 is 0 Å². The van der Waals surface area contributed by atoms with Crippen LogP contribution in [0.4, 0.5) is 0 Å². The minimum atomic E-state index is 0.267. The van der Waals surface area contributed by atoms with Crippen molar-refractivity contribution in [1.29, 1.82) is 0 Å². The second-order valence-electron chi connectivity index (χ2n) is 4.25. The van der Waals surface area contributed by atoms with E-state index in [1.54, 1.807) is 0 Å². The zero-order valence-corrected chi connectivity index (χ0v) is 10.1. The maximum Gasteiger partial charge on any atom is 0.0836 e. The molecule has 0 aromatic heterocycles. The molecule has 85 valence electrons. The molecule has 16 heavy (non-hydrogen) atoms. The van der Waals surface area contributed by atoms with Crippen molar-refractivity contribution >= 4 is 0 Å². The molecule has 2 rings (SSSR count). The van der Waals surface area contributed by atoms with E-state index in [1.807, 2.05) is 6.92 Å². The van der Waals surface area contributed by atoms with Crippen molar-refractivity contribution in [2.45, 2.75) is 45.3 Å². The maximum absolute atomic E-state index is 6.13. The van der Waals surface area contributed by atoms with Crippen molar-refractivity contribution < 1.29 is 4.74 Å². The van der Waals surface area contributed by atoms with Gasteiger partial charge in [0.05, 0.1) is 12.2 Å². The first-order valence-corrected chi connectivity index (χ1v) is 6.09. The lowest BCUT2D eigenvalue weighted by Gasteiger charge is -2.32. The van der Waals surface area contributed by atoms with Crippen LogP contribution in [0.2, 0.25) is 0 Å². The summed E-state index contributed by atoms with van der Waals surface area (Å²) in [5.41, 5.74) is 2.64. The summed E-state index contributed by atoms with van der Waals surface area (Å²) in [6, 6.07) is 10.5. The third-order valence-corrected chi connectivity index (χ3v) is 3.26. The highest BCUT2D eigenvalue weighted by Crippen LogP contribution is 2.34. The standard InChI is InChI=1S/C15H19O/c1-3-12-10-11-15(16-14(12)4-2)13-8-6-5-7-9-13/h5-9,14-15H,4,10-11H2,1-2H3. The molecule has 0 N–H and O–H groups in total. The van der Waals surface area contributed by atoms with Gasteiger partial charge in [-0.3, -0.25) is 0 Å². The maximum atomic E-state index is 6.13. The average molecular weight is 215 g/mol. The van der Waals surface area contributed by atoms with E-state index in [1.165, 1.54) is 11.1 Å². The van der Waals surface area contributed by atoms with Crippen LogP contribution in [0.1, 0.15) is 44.8 Å². The monoisotopic (exact) mass is 215 g/mol. The lowest BCUT2D eigenvalue weighted by molar-refractivity contribution is -0.0224. The number of allylic oxidation sites excluding steroid dienone is 1. The van der Waals surface area contributed by atoms with Gasteiger partial charge in [-0.1, -0.05) is 37.3 Å². The first-order chi connectivity index (χ1) is 7.85. The van der Waals surface area contributed by atoms with Crippen LogP contribution in [0, 0.1) is 6.08 Å². The zero-order chi connectivity index (χ0) is 11.4. The van der Waals surface area contributed by atoms with Gasteiger partial charge in [-0.05, 0) is 43.4 Å². The van der Waals surface area contributed by atoms with Crippen molar-refractivity contribution in [3.63, 3.8) is 0 Å². The van der Waals surface area contributed by atoms with Crippen LogP contribution in [0.15, 0.2) is 35.9 Å². The summed E-state index contributed by atoms with van der Waals surface area (Å²) in [6.45, 7) is 4.17. The summed E-state index contributed by atoms with van der Waals surface area (Å²) >= 11 is 0. The summed E-state index contributed by atoms with van der Waals surface area (Å²) in [7, 11) is 0. The quantitative estimate of drug-likeness (QED) is 0.722. The summed E-state index contributed by atoms with van der Waals surface area (Å²) in [4.78, 5) is 0. The molecule has 0 amide bonds. The summed E-state index contributed by atoms with van der Waals surface area (Å²) in [6.07, 6.45) is 7.04. The molecule has 1 aromatic carbocycles. The molecule has 0 saturated carbocycles. The fraction of sp³-hybridized carbons (Fsp3) is 0.467. The van der Waals surface area contributed by atoms with E-state index in [2.05, 4.69) is 43.3 Å². The number of benzene rings is 1. The van der Waals surface area contributed by atoms with Crippen LogP contribution >= 0.6 is 0 Å². The van der Waals surface area contributed by atoms with E-state index >= 15 is 0 Å². The molecule has 1 aliphatic heterocycles. The van der Waals surface area contributed by atoms with E-state index in [0.717, 1.165) is 19.3 Å². The highest BCUT2D eigenvalue weighted by atomic mass is 16.5. The normalized spacial score (nSPS) is 28.2. The Bertz CT molecular complexity index is 353. The Kier molecular flexibility index (Phi) is 3.79. The molecule has 1 heteroatoms. The number of hydrogen-bond donors (Lipinski definition) is 0. The second-order valence-corrected chi connectivity index (χ2v) is 4.25. The van der Waals surface area contributed by atoms with Crippen molar-refractivity contribution in [2.24, 2.45) is 0 Å². The number of hydrogen-bond acceptors (Lipinski definition) is 1. The van der Waals surface area contributed by atoms with Crippen LogP contribution in [0.25, 0.3) is 0 Å². The van der Waals surface area contributed by atoms with Crippen molar-refractivity contribution in [3.05, 3.63) is 47.5 Å². The Morgan fingerprint density at radius 2 is 2.06 bits per heavy atom. The van der Waals surface area contributed by atoms with Gasteiger partial charge in [-0.25, -0.2) is 0 Å². The molecule has 1 aliphatic rings. The van der Waals surface area contributed by atoms with Crippen LogP contribution in [-0.2, 0) is 4.74 Å². The Hall–Kier alpha value is -1.08. The van der Waals surface area contributed by atoms with Gasteiger partial charge in [-0.15, -0.1) is 0 Å². The van der Waals surface area contributed by atoms with Gasteiger partial charge >= 0.3 is 0 Å². The smallest absolute Gasteiger partial charge is 0.0836 e. The molecule has 0 spiro atoms. The minimum Gasteiger partial charge on any atom is -0.366 e. The molecule has 1 saturated heterocycles. The largest absolute Gasteiger partial charge is 0.366 e. The third kappa shape index (κ3) is 2.35. The van der Waals surface area contributed by atoms with E-state index in [0.29, 0.717) is 0 Å². The van der Waals surface area contributed by atoms with Gasteiger partial charge in [0.25, 0.3) is 0 Å². The molecule has 1 fully saturated rings. The molecular formula is C15H19O. The first-order valence-electron chi connectivity index (χ1n) is 6.09. The Labute approximate surface area is 98.1 Å². The third-order valence-electron chi connectivity index (χ3n) is 3.26. The fourth-order valence-corrected chi connectivity index (χ4v) is 2.34. The number of rotatable bonds is 2. The van der Waals surface area contributed by atoms with Gasteiger partial charge in [0, 0.05) is 0 Å². The predicted molar refractivity (Wildman–Crippen MR) is 66.0 cm³/mol. The summed E-state index contributed by atoms with van der Waals surface area (Å²) in [5, 5.41) is 0. The van der Waals surface area contributed by atoms with Crippen LogP contribution in [0.5, 0.6) is 0 Å². The fourth-order valence-electron chi connectivity index (χ4n) is 2.34. The molecular weight excluding hydrogens is 196 g/mol. The Balaban J connectivity index is 2.11. The van der Waals surface area contributed by atoms with Crippen LogP contribution in [-0.4, -0.2) is 6.10 Å². The van der Waals surface area contributed by atoms with Gasteiger partial charge < -0.3 is 4.74 Å². The number of ether oxygens (including phenoxy) is 1. The van der Waals surface area contributed by atoms with Crippen molar-refractivity contribution in [3.8, 4) is 0 Å². The highest BCUT2D eigenvalue weighted by Gasteiger charge is 2.25.